The molecule has 1 fully saturated rings. The number of hydrogen-bond acceptors (Lipinski definition) is 3. The van der Waals surface area contributed by atoms with Crippen molar-refractivity contribution < 1.29 is 9.84 Å². The van der Waals surface area contributed by atoms with Gasteiger partial charge in [-0.15, -0.1) is 0 Å². The maximum absolute atomic E-state index is 9.48. The van der Waals surface area contributed by atoms with Crippen LogP contribution in [0.1, 0.15) is 11.6 Å². The van der Waals surface area contributed by atoms with E-state index in [4.69, 9.17) is 4.74 Å². The molecule has 0 bridgehead atoms. The summed E-state index contributed by atoms with van der Waals surface area (Å²) in [6, 6.07) is 0. The van der Waals surface area contributed by atoms with Gasteiger partial charge in [-0.2, -0.15) is 0 Å². The minimum absolute atomic E-state index is 0.0613. The predicted octanol–water partition coefficient (Wildman–Crippen LogP) is -0.105. The topological polar surface area (TPSA) is 47.3 Å². The Morgan fingerprint density at radius 1 is 1.67 bits per heavy atom. The fourth-order valence-electron chi connectivity index (χ4n) is 1.45. The lowest BCUT2D eigenvalue weighted by atomic mass is 10.0. The van der Waals surface area contributed by atoms with Crippen molar-refractivity contribution in [1.82, 2.24) is 9.55 Å². The first-order valence-electron chi connectivity index (χ1n) is 4.01. The summed E-state index contributed by atoms with van der Waals surface area (Å²) in [5, 5.41) is 9.48. The van der Waals surface area contributed by atoms with Crippen molar-refractivity contribution in [2.24, 2.45) is 7.05 Å². The number of hydrogen-bond donors (Lipinski definition) is 1. The maximum Gasteiger partial charge on any atom is 0.0946 e. The summed E-state index contributed by atoms with van der Waals surface area (Å²) in [7, 11) is 1.92. The highest BCUT2D eigenvalue weighted by Crippen LogP contribution is 2.23. The summed E-state index contributed by atoms with van der Waals surface area (Å²) in [5.74, 6) is 0.0613. The van der Waals surface area contributed by atoms with Crippen LogP contribution in [0.4, 0.5) is 0 Å². The fraction of sp³-hybridized carbons (Fsp3) is 0.625. The smallest absolute Gasteiger partial charge is 0.0946 e. The Morgan fingerprint density at radius 2 is 2.50 bits per heavy atom. The van der Waals surface area contributed by atoms with Gasteiger partial charge in [0.25, 0.3) is 0 Å². The second-order valence-corrected chi connectivity index (χ2v) is 3.18. The molecule has 66 valence electrons. The van der Waals surface area contributed by atoms with Crippen molar-refractivity contribution in [3.05, 3.63) is 18.2 Å². The first kappa shape index (κ1) is 7.76. The predicted molar refractivity (Wildman–Crippen MR) is 42.8 cm³/mol. The van der Waals surface area contributed by atoms with E-state index in [2.05, 4.69) is 4.98 Å². The molecule has 0 spiro atoms. The number of nitrogens with zero attached hydrogens (tertiary/aromatic N) is 2. The lowest BCUT2D eigenvalue weighted by Gasteiger charge is -2.07. The van der Waals surface area contributed by atoms with E-state index in [1.54, 1.807) is 6.33 Å². The molecule has 1 aromatic heterocycles. The molecule has 2 unspecified atom stereocenters. The zero-order chi connectivity index (χ0) is 8.55. The highest BCUT2D eigenvalue weighted by Gasteiger charge is 2.29. The van der Waals surface area contributed by atoms with Crippen LogP contribution in [-0.4, -0.2) is 34.0 Å². The van der Waals surface area contributed by atoms with Crippen molar-refractivity contribution in [2.45, 2.75) is 12.0 Å². The van der Waals surface area contributed by atoms with Crippen LogP contribution >= 0.6 is 0 Å². The fourth-order valence-corrected chi connectivity index (χ4v) is 1.45. The van der Waals surface area contributed by atoms with Gasteiger partial charge in [0.1, 0.15) is 0 Å². The van der Waals surface area contributed by atoms with E-state index in [0.717, 1.165) is 5.69 Å². The van der Waals surface area contributed by atoms with Crippen LogP contribution in [0, 0.1) is 0 Å². The van der Waals surface area contributed by atoms with Crippen molar-refractivity contribution in [1.29, 1.82) is 0 Å². The molecule has 1 aliphatic rings. The largest absolute Gasteiger partial charge is 0.390 e. The SMILES string of the molecule is Cn1cnc(C2COCC2O)c1. The molecular weight excluding hydrogens is 156 g/mol. The molecule has 0 amide bonds. The van der Waals surface area contributed by atoms with Crippen LogP contribution in [0.5, 0.6) is 0 Å². The highest BCUT2D eigenvalue weighted by atomic mass is 16.5. The lowest BCUT2D eigenvalue weighted by molar-refractivity contribution is 0.124. The molecule has 0 radical (unpaired) electrons. The van der Waals surface area contributed by atoms with E-state index in [0.29, 0.717) is 13.2 Å². The van der Waals surface area contributed by atoms with Crippen LogP contribution in [0.15, 0.2) is 12.5 Å². The first-order valence-corrected chi connectivity index (χ1v) is 4.01. The first-order chi connectivity index (χ1) is 5.77. The molecule has 1 aromatic rings. The molecular formula is C8H12N2O2. The average Bonchev–Trinajstić information content (AvgIpc) is 2.58. The van der Waals surface area contributed by atoms with Crippen LogP contribution in [-0.2, 0) is 11.8 Å². The van der Waals surface area contributed by atoms with Gasteiger partial charge < -0.3 is 14.4 Å². The van der Waals surface area contributed by atoms with Gasteiger partial charge >= 0.3 is 0 Å². The molecule has 12 heavy (non-hydrogen) atoms. The number of aliphatic hydroxyl groups is 1. The van der Waals surface area contributed by atoms with Gasteiger partial charge in [-0.25, -0.2) is 4.98 Å². The van der Waals surface area contributed by atoms with Gasteiger partial charge in [0.15, 0.2) is 0 Å². The molecule has 2 atom stereocenters. The lowest BCUT2D eigenvalue weighted by Crippen LogP contribution is -2.15. The summed E-state index contributed by atoms with van der Waals surface area (Å²) in [4.78, 5) is 4.17. The van der Waals surface area contributed by atoms with Crippen LogP contribution in [0.3, 0.4) is 0 Å². The van der Waals surface area contributed by atoms with E-state index in [-0.39, 0.29) is 12.0 Å². The van der Waals surface area contributed by atoms with Crippen LogP contribution < -0.4 is 0 Å². The Bertz CT molecular complexity index is 272. The molecule has 0 aliphatic carbocycles. The minimum atomic E-state index is -0.389. The molecule has 4 heteroatoms. The Labute approximate surface area is 70.8 Å². The van der Waals surface area contributed by atoms with Gasteiger partial charge in [0.05, 0.1) is 37.3 Å². The summed E-state index contributed by atoms with van der Waals surface area (Å²) in [6.45, 7) is 1.01. The number of aliphatic hydroxyl groups excluding tert-OH is 1. The van der Waals surface area contributed by atoms with E-state index in [1.807, 2.05) is 17.8 Å². The normalized spacial score (nSPS) is 29.5. The Kier molecular flexibility index (Phi) is 1.86. The zero-order valence-electron chi connectivity index (χ0n) is 6.97. The molecule has 1 N–H and O–H groups in total. The van der Waals surface area contributed by atoms with Crippen molar-refractivity contribution in [2.75, 3.05) is 13.2 Å². The van der Waals surface area contributed by atoms with E-state index >= 15 is 0 Å². The van der Waals surface area contributed by atoms with Gasteiger partial charge in [-0.05, 0) is 0 Å². The molecule has 0 saturated carbocycles. The monoisotopic (exact) mass is 168 g/mol. The van der Waals surface area contributed by atoms with Gasteiger partial charge in [-0.1, -0.05) is 0 Å². The van der Waals surface area contributed by atoms with E-state index < -0.39 is 0 Å². The molecule has 2 heterocycles. The summed E-state index contributed by atoms with van der Waals surface area (Å²) in [5.41, 5.74) is 0.919. The molecule has 1 saturated heterocycles. The van der Waals surface area contributed by atoms with Gasteiger partial charge in [0, 0.05) is 13.2 Å². The molecule has 1 aliphatic heterocycles. The molecule has 0 aromatic carbocycles. The molecule has 4 nitrogen and oxygen atoms in total. The van der Waals surface area contributed by atoms with Crippen LogP contribution in [0.25, 0.3) is 0 Å². The molecule has 2 rings (SSSR count). The maximum atomic E-state index is 9.48. The van der Waals surface area contributed by atoms with Gasteiger partial charge in [-0.3, -0.25) is 0 Å². The van der Waals surface area contributed by atoms with Crippen LogP contribution in [0.2, 0.25) is 0 Å². The van der Waals surface area contributed by atoms with E-state index in [1.165, 1.54) is 0 Å². The Balaban J connectivity index is 2.19. The third-order valence-corrected chi connectivity index (χ3v) is 2.16. The standard InChI is InChI=1S/C8H12N2O2/c1-10-2-7(9-5-10)6-3-12-4-8(6)11/h2,5-6,8,11H,3-4H2,1H3. The number of rotatable bonds is 1. The number of imidazole rings is 1. The third kappa shape index (κ3) is 1.23. The van der Waals surface area contributed by atoms with Crippen molar-refractivity contribution in [3.8, 4) is 0 Å². The van der Waals surface area contributed by atoms with Gasteiger partial charge in [0.2, 0.25) is 0 Å². The number of aryl methyl sites for hydroxylation is 1. The third-order valence-electron chi connectivity index (χ3n) is 2.16. The highest BCUT2D eigenvalue weighted by molar-refractivity contribution is 5.08. The summed E-state index contributed by atoms with van der Waals surface area (Å²) < 4.78 is 7.01. The number of aromatic nitrogens is 2. The van der Waals surface area contributed by atoms with Crippen molar-refractivity contribution in [3.63, 3.8) is 0 Å². The summed E-state index contributed by atoms with van der Waals surface area (Å²) >= 11 is 0. The Morgan fingerprint density at radius 3 is 3.00 bits per heavy atom. The van der Waals surface area contributed by atoms with E-state index in [9.17, 15) is 5.11 Å². The number of ether oxygens (including phenoxy) is 1. The average molecular weight is 168 g/mol. The Hall–Kier alpha value is -0.870. The second-order valence-electron chi connectivity index (χ2n) is 3.18. The zero-order valence-corrected chi connectivity index (χ0v) is 6.97. The summed E-state index contributed by atoms with van der Waals surface area (Å²) in [6.07, 6.45) is 3.27. The second kappa shape index (κ2) is 2.88. The quantitative estimate of drug-likeness (QED) is 0.636. The minimum Gasteiger partial charge on any atom is -0.390 e. The van der Waals surface area contributed by atoms with Crippen molar-refractivity contribution >= 4 is 0 Å².